The predicted octanol–water partition coefficient (Wildman–Crippen LogP) is 5.79. The van der Waals surface area contributed by atoms with Crippen LogP contribution in [0.3, 0.4) is 0 Å². The molecule has 4 heterocycles. The molecule has 2 aliphatic heterocycles. The molecule has 2 N–H and O–H groups in total. The fourth-order valence-electron chi connectivity index (χ4n) is 6.89. The molecule has 0 saturated carbocycles. The molecular formula is C35H35BrF4N4O6. The highest BCUT2D eigenvalue weighted by atomic mass is 79.9. The lowest BCUT2D eigenvalue weighted by Gasteiger charge is -2.38. The van der Waals surface area contributed by atoms with Gasteiger partial charge in [0.15, 0.2) is 4.67 Å². The maximum Gasteiger partial charge on any atom is 0.416 e. The Bertz CT molecular complexity index is 1970. The van der Waals surface area contributed by atoms with Gasteiger partial charge in [0, 0.05) is 25.1 Å². The van der Waals surface area contributed by atoms with Crippen molar-refractivity contribution in [3.63, 3.8) is 0 Å². The minimum atomic E-state index is -4.90. The first kappa shape index (κ1) is 35.8. The Balaban J connectivity index is 1.42. The van der Waals surface area contributed by atoms with E-state index in [1.54, 1.807) is 36.4 Å². The van der Waals surface area contributed by atoms with Gasteiger partial charge >= 0.3 is 17.8 Å². The third-order valence-electron chi connectivity index (χ3n) is 9.41. The van der Waals surface area contributed by atoms with Crippen LogP contribution >= 0.6 is 15.9 Å². The summed E-state index contributed by atoms with van der Waals surface area (Å²) in [5.41, 5.74) is -3.57. The van der Waals surface area contributed by atoms with E-state index in [-0.39, 0.29) is 43.8 Å². The Kier molecular flexibility index (Phi) is 10.5. The first-order valence-corrected chi connectivity index (χ1v) is 17.0. The molecule has 6 rings (SSSR count). The number of hydrogen-bond acceptors (Lipinski definition) is 7. The van der Waals surface area contributed by atoms with Gasteiger partial charge in [-0.05, 0) is 71.6 Å². The van der Waals surface area contributed by atoms with E-state index in [4.69, 9.17) is 14.3 Å². The smallest absolute Gasteiger partial charge is 0.416 e. The monoisotopic (exact) mass is 762 g/mol. The molecule has 15 heteroatoms. The van der Waals surface area contributed by atoms with Crippen LogP contribution in [0.25, 0.3) is 0 Å². The van der Waals surface area contributed by atoms with Crippen LogP contribution in [0.2, 0.25) is 0 Å². The van der Waals surface area contributed by atoms with Gasteiger partial charge in [-0.3, -0.25) is 23.6 Å². The fraction of sp³-hybridized carbons (Fsp3) is 0.400. The van der Waals surface area contributed by atoms with Crippen molar-refractivity contribution < 1.29 is 36.6 Å². The quantitative estimate of drug-likeness (QED) is 0.138. The van der Waals surface area contributed by atoms with Crippen LogP contribution in [0.1, 0.15) is 65.4 Å². The van der Waals surface area contributed by atoms with Crippen LogP contribution in [0, 0.1) is 5.82 Å². The van der Waals surface area contributed by atoms with Gasteiger partial charge in [-0.25, -0.2) is 9.18 Å². The van der Waals surface area contributed by atoms with Crippen molar-refractivity contribution in [2.24, 2.45) is 0 Å². The molecule has 0 aliphatic carbocycles. The maximum absolute atomic E-state index is 15.2. The normalized spacial score (nSPS) is 16.5. The van der Waals surface area contributed by atoms with Crippen molar-refractivity contribution in [3.8, 4) is 0 Å². The third kappa shape index (κ3) is 7.50. The van der Waals surface area contributed by atoms with E-state index in [2.05, 4.69) is 26.1 Å². The summed E-state index contributed by atoms with van der Waals surface area (Å²) >= 11 is 3.31. The van der Waals surface area contributed by atoms with Crippen molar-refractivity contribution >= 4 is 21.9 Å². The zero-order chi connectivity index (χ0) is 35.6. The summed E-state index contributed by atoms with van der Waals surface area (Å²) in [6.07, 6.45) is -4.00. The van der Waals surface area contributed by atoms with Gasteiger partial charge in [-0.2, -0.15) is 13.2 Å². The minimum Gasteiger partial charge on any atom is -0.481 e. The zero-order valence-electron chi connectivity index (χ0n) is 26.8. The summed E-state index contributed by atoms with van der Waals surface area (Å²) in [6, 6.07) is 14.6. The number of carboxylic acid groups (broad SMARTS) is 1. The number of hydrogen-bond donors (Lipinski definition) is 2. The fourth-order valence-corrected chi connectivity index (χ4v) is 7.23. The number of nitrogens with one attached hydrogen (secondary N) is 1. The van der Waals surface area contributed by atoms with Crippen LogP contribution in [-0.2, 0) is 47.5 Å². The molecule has 0 bridgehead atoms. The van der Waals surface area contributed by atoms with E-state index >= 15 is 4.39 Å². The van der Waals surface area contributed by atoms with Gasteiger partial charge in [0.25, 0.3) is 5.56 Å². The van der Waals surface area contributed by atoms with Crippen LogP contribution in [0.15, 0.2) is 79.3 Å². The number of alkyl halides is 3. The van der Waals surface area contributed by atoms with Crippen LogP contribution in [-0.4, -0.2) is 44.7 Å². The largest absolute Gasteiger partial charge is 0.481 e. The first-order chi connectivity index (χ1) is 23.9. The standard InChI is InChI=1S/C35H35BrF4N4O6/c36-29-12-11-23(50-29)18-42-16-13-34(14-17-42)31-28(21-49-34)43(19-24-25(35(38,39)40)8-4-9-26(24)37)33(48)44(32(31)47)20-27(22-6-2-1-3-7-22)41-15-5-10-30(45)46/h1-4,6-9,11-12,27,41H,5,10,13-21H2,(H,45,46)/t27-/m0/s1. The average molecular weight is 764 g/mol. The Hall–Kier alpha value is -4.05. The predicted molar refractivity (Wildman–Crippen MR) is 177 cm³/mol. The highest BCUT2D eigenvalue weighted by Gasteiger charge is 2.47. The van der Waals surface area contributed by atoms with Gasteiger partial charge in [0.1, 0.15) is 17.2 Å². The molecule has 50 heavy (non-hydrogen) atoms. The minimum absolute atomic E-state index is 0.0988. The number of likely N-dealkylation sites (tertiary alicyclic amines) is 1. The molecule has 2 aromatic heterocycles. The van der Waals surface area contributed by atoms with E-state index in [1.165, 1.54) is 0 Å². The maximum atomic E-state index is 15.2. The number of benzene rings is 2. The summed E-state index contributed by atoms with van der Waals surface area (Å²) in [5, 5.41) is 12.4. The van der Waals surface area contributed by atoms with Crippen molar-refractivity contribution in [3.05, 3.63) is 126 Å². The highest BCUT2D eigenvalue weighted by molar-refractivity contribution is 9.10. The lowest BCUT2D eigenvalue weighted by atomic mass is 9.85. The number of carboxylic acids is 1. The molecule has 2 aliphatic rings. The average Bonchev–Trinajstić information content (AvgIpc) is 3.66. The lowest BCUT2D eigenvalue weighted by molar-refractivity contribution is -0.138. The van der Waals surface area contributed by atoms with Gasteiger partial charge in [-0.15, -0.1) is 0 Å². The van der Waals surface area contributed by atoms with Gasteiger partial charge in [0.05, 0.1) is 49.1 Å². The molecule has 1 saturated heterocycles. The molecule has 1 fully saturated rings. The topological polar surface area (TPSA) is 119 Å². The summed E-state index contributed by atoms with van der Waals surface area (Å²) in [6.45, 7) is 0.554. The summed E-state index contributed by atoms with van der Waals surface area (Å²) in [4.78, 5) is 42.0. The van der Waals surface area contributed by atoms with E-state index in [0.29, 0.717) is 42.7 Å². The Morgan fingerprint density at radius 1 is 1.00 bits per heavy atom. The van der Waals surface area contributed by atoms with E-state index in [1.807, 2.05) is 6.07 Å². The Morgan fingerprint density at radius 2 is 1.74 bits per heavy atom. The first-order valence-electron chi connectivity index (χ1n) is 16.2. The molecular weight excluding hydrogens is 728 g/mol. The molecule has 0 amide bonds. The van der Waals surface area contributed by atoms with Crippen molar-refractivity contribution in [2.75, 3.05) is 19.6 Å². The molecule has 10 nitrogen and oxygen atoms in total. The highest BCUT2D eigenvalue weighted by Crippen LogP contribution is 2.43. The molecule has 4 aromatic rings. The zero-order valence-corrected chi connectivity index (χ0v) is 28.4. The second kappa shape index (κ2) is 14.7. The number of nitrogens with zero attached hydrogens (tertiary/aromatic N) is 3. The molecule has 0 unspecified atom stereocenters. The van der Waals surface area contributed by atoms with Crippen molar-refractivity contribution in [2.45, 2.75) is 69.7 Å². The second-order valence-corrected chi connectivity index (χ2v) is 13.3. The van der Waals surface area contributed by atoms with Crippen LogP contribution < -0.4 is 16.6 Å². The van der Waals surface area contributed by atoms with Gasteiger partial charge in [-0.1, -0.05) is 36.4 Å². The van der Waals surface area contributed by atoms with Gasteiger partial charge in [0.2, 0.25) is 0 Å². The van der Waals surface area contributed by atoms with Crippen molar-refractivity contribution in [1.29, 1.82) is 0 Å². The Labute approximate surface area is 292 Å². The summed E-state index contributed by atoms with van der Waals surface area (Å²) < 4.78 is 72.1. The number of aliphatic carboxylic acids is 1. The number of aromatic nitrogens is 2. The summed E-state index contributed by atoms with van der Waals surface area (Å²) in [7, 11) is 0. The number of fused-ring (bicyclic) bond motifs is 2. The van der Waals surface area contributed by atoms with E-state index in [0.717, 1.165) is 33.1 Å². The van der Waals surface area contributed by atoms with Crippen LogP contribution in [0.4, 0.5) is 17.6 Å². The molecule has 1 spiro atoms. The van der Waals surface area contributed by atoms with Crippen LogP contribution in [0.5, 0.6) is 0 Å². The SMILES string of the molecule is O=C(O)CCCN[C@@H](Cn1c(=O)c2c(n(Cc3c(F)cccc3C(F)(F)F)c1=O)COC21CCN(Cc2ccc(Br)o2)CC1)c1ccccc1. The van der Waals surface area contributed by atoms with Gasteiger partial charge < -0.3 is 19.6 Å². The number of carbonyl (C=O) groups is 1. The van der Waals surface area contributed by atoms with E-state index < -0.39 is 58.5 Å². The number of halogens is 5. The van der Waals surface area contributed by atoms with E-state index in [9.17, 15) is 27.6 Å². The second-order valence-electron chi connectivity index (χ2n) is 12.5. The summed E-state index contributed by atoms with van der Waals surface area (Å²) in [5.74, 6) is -1.36. The number of ether oxygens (including phenoxy) is 1. The molecule has 1 atom stereocenters. The number of rotatable bonds is 12. The van der Waals surface area contributed by atoms with Crippen molar-refractivity contribution in [1.82, 2.24) is 19.4 Å². The third-order valence-corrected chi connectivity index (χ3v) is 9.84. The number of piperidine rings is 1. The molecule has 266 valence electrons. The Morgan fingerprint density at radius 3 is 2.40 bits per heavy atom. The lowest BCUT2D eigenvalue weighted by Crippen LogP contribution is -2.50. The molecule has 2 aromatic carbocycles. The molecule has 0 radical (unpaired) electrons. The number of furan rings is 1.